The van der Waals surface area contributed by atoms with Gasteiger partial charge in [0, 0.05) is 16.1 Å². The van der Waals surface area contributed by atoms with Crippen LogP contribution in [0.25, 0.3) is 0 Å². The quantitative estimate of drug-likeness (QED) is 0.665. The molecule has 1 aliphatic rings. The summed E-state index contributed by atoms with van der Waals surface area (Å²) in [4.78, 5) is 16.6. The molecule has 1 amide bonds. The fraction of sp³-hybridized carbons (Fsp3) is 0.176. The van der Waals surface area contributed by atoms with E-state index in [1.54, 1.807) is 36.4 Å². The Hall–Kier alpha value is -2.53. The summed E-state index contributed by atoms with van der Waals surface area (Å²) in [5, 5.41) is 6.94. The van der Waals surface area contributed by atoms with E-state index in [9.17, 15) is 4.79 Å². The number of rotatable bonds is 3. The number of halogens is 1. The monoisotopic (exact) mass is 329 g/mol. The van der Waals surface area contributed by atoms with Crippen molar-refractivity contribution in [2.45, 2.75) is 6.92 Å². The van der Waals surface area contributed by atoms with Gasteiger partial charge in [0.15, 0.2) is 0 Å². The van der Waals surface area contributed by atoms with Gasteiger partial charge in [0.2, 0.25) is 5.90 Å². The van der Waals surface area contributed by atoms with Crippen LogP contribution in [0.15, 0.2) is 47.5 Å². The van der Waals surface area contributed by atoms with Gasteiger partial charge in [-0.1, -0.05) is 11.6 Å². The van der Waals surface area contributed by atoms with Crippen molar-refractivity contribution in [3.63, 3.8) is 0 Å². The van der Waals surface area contributed by atoms with E-state index >= 15 is 0 Å². The van der Waals surface area contributed by atoms with E-state index < -0.39 is 0 Å². The summed E-state index contributed by atoms with van der Waals surface area (Å²) in [7, 11) is 0. The lowest BCUT2D eigenvalue weighted by molar-refractivity contribution is 0.0999. The number of aliphatic imine (C=N–C) groups is 1. The van der Waals surface area contributed by atoms with Gasteiger partial charge in [0.25, 0.3) is 5.91 Å². The predicted molar refractivity (Wildman–Crippen MR) is 92.5 cm³/mol. The lowest BCUT2D eigenvalue weighted by Gasteiger charge is -2.08. The van der Waals surface area contributed by atoms with Crippen LogP contribution in [0.3, 0.4) is 0 Å². The molecule has 0 saturated carbocycles. The Balaban J connectivity index is 1.89. The number of ether oxygens (including phenoxy) is 1. The minimum Gasteiger partial charge on any atom is -0.477 e. The Labute approximate surface area is 139 Å². The van der Waals surface area contributed by atoms with Crippen LogP contribution >= 0.6 is 11.6 Å². The summed E-state index contributed by atoms with van der Waals surface area (Å²) >= 11 is 5.89. The summed E-state index contributed by atoms with van der Waals surface area (Å²) < 4.78 is 5.51. The average molecular weight is 330 g/mol. The Morgan fingerprint density at radius 2 is 1.83 bits per heavy atom. The summed E-state index contributed by atoms with van der Waals surface area (Å²) in [5.41, 5.74) is 3.10. The molecule has 0 aliphatic carbocycles. The zero-order chi connectivity index (χ0) is 16.2. The second kappa shape index (κ2) is 6.71. The second-order valence-corrected chi connectivity index (χ2v) is 5.39. The first kappa shape index (κ1) is 15.4. The van der Waals surface area contributed by atoms with Gasteiger partial charge >= 0.3 is 0 Å². The normalized spacial score (nSPS) is 13.0. The first-order valence-electron chi connectivity index (χ1n) is 7.31. The minimum absolute atomic E-state index is 0.292. The van der Waals surface area contributed by atoms with Gasteiger partial charge in [-0.2, -0.15) is 4.99 Å². The van der Waals surface area contributed by atoms with Crippen molar-refractivity contribution in [1.82, 2.24) is 0 Å². The molecule has 1 heterocycles. The molecular formula is C17H16ClN3O2. The van der Waals surface area contributed by atoms with Crippen molar-refractivity contribution < 1.29 is 9.53 Å². The molecule has 0 unspecified atom stereocenters. The number of hydrogen-bond donors (Lipinski definition) is 2. The van der Waals surface area contributed by atoms with Gasteiger partial charge < -0.3 is 15.4 Å². The zero-order valence-corrected chi connectivity index (χ0v) is 13.4. The molecule has 0 atom stereocenters. The predicted octanol–water partition coefficient (Wildman–Crippen LogP) is 3.76. The molecule has 1 aliphatic heterocycles. The van der Waals surface area contributed by atoms with Gasteiger partial charge in [0.1, 0.15) is 0 Å². The molecule has 0 aromatic heterocycles. The van der Waals surface area contributed by atoms with Crippen LogP contribution in [0.1, 0.15) is 22.8 Å². The lowest BCUT2D eigenvalue weighted by Crippen LogP contribution is -2.10. The number of nitrogens with zero attached hydrogens (tertiary/aromatic N) is 1. The maximum Gasteiger partial charge on any atom is 0.280 e. The van der Waals surface area contributed by atoms with E-state index in [2.05, 4.69) is 15.6 Å². The highest BCUT2D eigenvalue weighted by Crippen LogP contribution is 2.27. The van der Waals surface area contributed by atoms with E-state index in [0.29, 0.717) is 35.3 Å². The van der Waals surface area contributed by atoms with E-state index in [0.717, 1.165) is 11.4 Å². The maximum atomic E-state index is 12.4. The lowest BCUT2D eigenvalue weighted by atomic mass is 10.1. The van der Waals surface area contributed by atoms with Crippen LogP contribution in [0.4, 0.5) is 11.4 Å². The summed E-state index contributed by atoms with van der Waals surface area (Å²) in [6.07, 6.45) is 0. The number of carbonyl (C=O) groups excluding carboxylic acids is 1. The highest BCUT2D eigenvalue weighted by Gasteiger charge is 2.14. The third-order valence-electron chi connectivity index (χ3n) is 3.40. The van der Waals surface area contributed by atoms with Gasteiger partial charge in [-0.15, -0.1) is 0 Å². The summed E-state index contributed by atoms with van der Waals surface area (Å²) in [5.74, 6) is -0.0550. The van der Waals surface area contributed by atoms with E-state index in [1.165, 1.54) is 0 Å². The van der Waals surface area contributed by atoms with Crippen LogP contribution in [-0.4, -0.2) is 25.1 Å². The average Bonchev–Trinajstić information content (AvgIpc) is 3.02. The minimum atomic E-state index is -0.347. The molecule has 2 aromatic rings. The van der Waals surface area contributed by atoms with E-state index in [-0.39, 0.29) is 5.91 Å². The third kappa shape index (κ3) is 3.46. The summed E-state index contributed by atoms with van der Waals surface area (Å²) in [6, 6.07) is 12.4. The molecule has 2 aromatic carbocycles. The van der Waals surface area contributed by atoms with Crippen LogP contribution in [0.2, 0.25) is 5.02 Å². The SMILES string of the molecule is CCOC(=NC(=O)c1ccc2c(c1)NCN2)c1ccc(Cl)cc1. The zero-order valence-electron chi connectivity index (χ0n) is 12.6. The molecule has 23 heavy (non-hydrogen) atoms. The standard InChI is InChI=1S/C17H16ClN3O2/c1-2-23-17(11-3-6-13(18)7-4-11)21-16(22)12-5-8-14-15(9-12)20-10-19-14/h3-9,19-20H,2,10H2,1H3. The van der Waals surface area contributed by atoms with Crippen molar-refractivity contribution in [2.24, 2.45) is 4.99 Å². The molecule has 0 fully saturated rings. The number of amides is 1. The first-order valence-corrected chi connectivity index (χ1v) is 7.68. The number of nitrogens with one attached hydrogen (secondary N) is 2. The number of carbonyl (C=O) groups is 1. The second-order valence-electron chi connectivity index (χ2n) is 4.95. The van der Waals surface area contributed by atoms with Crippen LogP contribution in [-0.2, 0) is 4.74 Å². The molecule has 0 bridgehead atoms. The third-order valence-corrected chi connectivity index (χ3v) is 3.65. The Morgan fingerprint density at radius 1 is 1.13 bits per heavy atom. The van der Waals surface area contributed by atoms with Crippen LogP contribution in [0.5, 0.6) is 0 Å². The van der Waals surface area contributed by atoms with Gasteiger partial charge in [0.05, 0.1) is 24.7 Å². The van der Waals surface area contributed by atoms with Gasteiger partial charge in [-0.25, -0.2) is 0 Å². The van der Waals surface area contributed by atoms with Gasteiger partial charge in [-0.3, -0.25) is 4.79 Å². The molecule has 0 saturated heterocycles. The number of benzene rings is 2. The Bertz CT molecular complexity index is 757. The molecule has 0 radical (unpaired) electrons. The highest BCUT2D eigenvalue weighted by atomic mass is 35.5. The molecule has 5 nitrogen and oxygen atoms in total. The molecule has 2 N–H and O–H groups in total. The topological polar surface area (TPSA) is 62.7 Å². The van der Waals surface area contributed by atoms with Crippen LogP contribution in [0, 0.1) is 0 Å². The van der Waals surface area contributed by atoms with Gasteiger partial charge in [-0.05, 0) is 49.4 Å². The fourth-order valence-corrected chi connectivity index (χ4v) is 2.40. The molecule has 118 valence electrons. The summed E-state index contributed by atoms with van der Waals surface area (Å²) in [6.45, 7) is 2.93. The Morgan fingerprint density at radius 3 is 2.57 bits per heavy atom. The van der Waals surface area contributed by atoms with Crippen molar-refractivity contribution in [3.8, 4) is 0 Å². The maximum absolute atomic E-state index is 12.4. The number of anilines is 2. The van der Waals surface area contributed by atoms with Crippen molar-refractivity contribution >= 4 is 34.8 Å². The highest BCUT2D eigenvalue weighted by molar-refractivity contribution is 6.30. The fourth-order valence-electron chi connectivity index (χ4n) is 2.28. The van der Waals surface area contributed by atoms with Crippen molar-refractivity contribution in [3.05, 3.63) is 58.6 Å². The van der Waals surface area contributed by atoms with Crippen LogP contribution < -0.4 is 10.6 Å². The molecule has 6 heteroatoms. The smallest absolute Gasteiger partial charge is 0.280 e. The number of hydrogen-bond acceptors (Lipinski definition) is 4. The molecular weight excluding hydrogens is 314 g/mol. The number of fused-ring (bicyclic) bond motifs is 1. The van der Waals surface area contributed by atoms with Crippen molar-refractivity contribution in [1.29, 1.82) is 0 Å². The molecule has 3 rings (SSSR count). The van der Waals surface area contributed by atoms with E-state index in [4.69, 9.17) is 16.3 Å². The molecule has 0 spiro atoms. The van der Waals surface area contributed by atoms with E-state index in [1.807, 2.05) is 13.0 Å². The largest absolute Gasteiger partial charge is 0.477 e. The first-order chi connectivity index (χ1) is 11.2. The van der Waals surface area contributed by atoms with Crippen molar-refractivity contribution in [2.75, 3.05) is 23.9 Å². The Kier molecular flexibility index (Phi) is 4.48.